The zero-order valence-corrected chi connectivity index (χ0v) is 12.7. The molecule has 0 aliphatic rings. The van der Waals surface area contributed by atoms with E-state index in [1.807, 2.05) is 0 Å². The highest BCUT2D eigenvalue weighted by Crippen LogP contribution is 2.36. The minimum Gasteiger partial charge on any atom is -0.385 e. The molecule has 20 heavy (non-hydrogen) atoms. The van der Waals surface area contributed by atoms with Crippen LogP contribution >= 0.6 is 15.9 Å². The van der Waals surface area contributed by atoms with Crippen LogP contribution < -0.4 is 5.32 Å². The summed E-state index contributed by atoms with van der Waals surface area (Å²) < 4.78 is 48.2. The Balaban J connectivity index is 2.38. The molecule has 0 unspecified atom stereocenters. The van der Waals surface area contributed by atoms with E-state index in [1.54, 1.807) is 13.2 Å². The second kappa shape index (κ2) is 8.49. The van der Waals surface area contributed by atoms with Crippen molar-refractivity contribution in [3.63, 3.8) is 0 Å². The lowest BCUT2D eigenvalue weighted by atomic mass is 10.2. The molecule has 0 aromatic heterocycles. The van der Waals surface area contributed by atoms with Crippen molar-refractivity contribution in [2.24, 2.45) is 0 Å². The number of nitrogens with one attached hydrogen (secondary N) is 1. The third-order valence-corrected chi connectivity index (χ3v) is 3.19. The van der Waals surface area contributed by atoms with Crippen molar-refractivity contribution in [3.8, 4) is 0 Å². The molecule has 3 nitrogen and oxygen atoms in total. The minimum atomic E-state index is -4.36. The van der Waals surface area contributed by atoms with E-state index >= 15 is 0 Å². The maximum Gasteiger partial charge on any atom is 0.417 e. The topological polar surface area (TPSA) is 30.5 Å². The van der Waals surface area contributed by atoms with Gasteiger partial charge in [0.05, 0.1) is 18.8 Å². The molecule has 0 radical (unpaired) electrons. The summed E-state index contributed by atoms with van der Waals surface area (Å²) in [5.74, 6) is 0. The molecular formula is C13H17BrF3NO2. The van der Waals surface area contributed by atoms with E-state index in [-0.39, 0.29) is 4.47 Å². The number of hydrogen-bond acceptors (Lipinski definition) is 3. The van der Waals surface area contributed by atoms with Crippen molar-refractivity contribution in [1.82, 2.24) is 0 Å². The van der Waals surface area contributed by atoms with Crippen molar-refractivity contribution in [1.29, 1.82) is 0 Å². The van der Waals surface area contributed by atoms with E-state index in [1.165, 1.54) is 6.07 Å². The third kappa shape index (κ3) is 6.11. The minimum absolute atomic E-state index is 0.0402. The summed E-state index contributed by atoms with van der Waals surface area (Å²) in [5.41, 5.74) is -0.240. The first-order chi connectivity index (χ1) is 9.45. The molecular weight excluding hydrogens is 339 g/mol. The summed E-state index contributed by atoms with van der Waals surface area (Å²) in [5, 5.41) is 2.94. The van der Waals surface area contributed by atoms with Crippen molar-refractivity contribution < 1.29 is 22.6 Å². The fourth-order valence-electron chi connectivity index (χ4n) is 1.50. The average Bonchev–Trinajstić information content (AvgIpc) is 2.38. The summed E-state index contributed by atoms with van der Waals surface area (Å²) in [6.45, 7) is 2.15. The molecule has 0 amide bonds. The Labute approximate surface area is 124 Å². The Morgan fingerprint density at radius 1 is 1.20 bits per heavy atom. The van der Waals surface area contributed by atoms with Gasteiger partial charge in [0.1, 0.15) is 0 Å². The Morgan fingerprint density at radius 3 is 2.60 bits per heavy atom. The van der Waals surface area contributed by atoms with Gasteiger partial charge in [0.15, 0.2) is 0 Å². The Hall–Kier alpha value is -0.790. The highest BCUT2D eigenvalue weighted by atomic mass is 79.9. The van der Waals surface area contributed by atoms with Crippen LogP contribution in [0.15, 0.2) is 22.7 Å². The standard InChI is InChI=1S/C13H17BrF3NO2/c1-19-7-8-20-6-2-5-18-10-3-4-12(14)11(9-10)13(15,16)17/h3-4,9,18H,2,5-8H2,1H3. The molecule has 0 aliphatic carbocycles. The van der Waals surface area contributed by atoms with E-state index in [2.05, 4.69) is 21.2 Å². The second-order valence-corrected chi connectivity index (χ2v) is 4.93. The third-order valence-electron chi connectivity index (χ3n) is 2.50. The number of alkyl halides is 3. The predicted octanol–water partition coefficient (Wildman–Crippen LogP) is 3.93. The molecule has 0 fully saturated rings. The van der Waals surface area contributed by atoms with Gasteiger partial charge in [0, 0.05) is 30.4 Å². The van der Waals surface area contributed by atoms with E-state index in [0.29, 0.717) is 38.5 Å². The number of anilines is 1. The summed E-state index contributed by atoms with van der Waals surface area (Å²) in [6.07, 6.45) is -3.65. The van der Waals surface area contributed by atoms with Gasteiger partial charge in [0.2, 0.25) is 0 Å². The van der Waals surface area contributed by atoms with E-state index < -0.39 is 11.7 Å². The van der Waals surface area contributed by atoms with Crippen LogP contribution in [0, 0.1) is 0 Å². The first-order valence-corrected chi connectivity index (χ1v) is 6.91. The smallest absolute Gasteiger partial charge is 0.385 e. The molecule has 0 atom stereocenters. The van der Waals surface area contributed by atoms with Crippen molar-refractivity contribution in [3.05, 3.63) is 28.2 Å². The number of benzene rings is 1. The maximum absolute atomic E-state index is 12.7. The summed E-state index contributed by atoms with van der Waals surface area (Å²) in [4.78, 5) is 0. The van der Waals surface area contributed by atoms with Crippen LogP contribution in [0.25, 0.3) is 0 Å². The second-order valence-electron chi connectivity index (χ2n) is 4.08. The van der Waals surface area contributed by atoms with Crippen LogP contribution in [0.4, 0.5) is 18.9 Å². The van der Waals surface area contributed by atoms with Gasteiger partial charge in [-0.05, 0) is 24.6 Å². The van der Waals surface area contributed by atoms with Gasteiger partial charge in [-0.25, -0.2) is 0 Å². The van der Waals surface area contributed by atoms with E-state index in [4.69, 9.17) is 9.47 Å². The molecule has 0 saturated carbocycles. The monoisotopic (exact) mass is 355 g/mol. The van der Waals surface area contributed by atoms with Crippen LogP contribution in [0.3, 0.4) is 0 Å². The van der Waals surface area contributed by atoms with E-state index in [9.17, 15) is 13.2 Å². The zero-order valence-electron chi connectivity index (χ0n) is 11.1. The van der Waals surface area contributed by atoms with Crippen LogP contribution in [0.5, 0.6) is 0 Å². The lowest BCUT2D eigenvalue weighted by molar-refractivity contribution is -0.138. The lowest BCUT2D eigenvalue weighted by Crippen LogP contribution is -2.10. The van der Waals surface area contributed by atoms with Gasteiger partial charge in [-0.3, -0.25) is 0 Å². The molecule has 1 N–H and O–H groups in total. The fraction of sp³-hybridized carbons (Fsp3) is 0.538. The van der Waals surface area contributed by atoms with Crippen LogP contribution in [-0.4, -0.2) is 33.5 Å². The van der Waals surface area contributed by atoms with Gasteiger partial charge in [-0.1, -0.05) is 15.9 Å². The van der Waals surface area contributed by atoms with Crippen LogP contribution in [0.1, 0.15) is 12.0 Å². The van der Waals surface area contributed by atoms with Crippen LogP contribution in [0.2, 0.25) is 0 Å². The lowest BCUT2D eigenvalue weighted by Gasteiger charge is -2.12. The van der Waals surface area contributed by atoms with Gasteiger partial charge in [0.25, 0.3) is 0 Å². The Morgan fingerprint density at radius 2 is 1.95 bits per heavy atom. The number of halogens is 4. The predicted molar refractivity (Wildman–Crippen MR) is 74.9 cm³/mol. The maximum atomic E-state index is 12.7. The van der Waals surface area contributed by atoms with E-state index in [0.717, 1.165) is 6.07 Å². The van der Waals surface area contributed by atoms with Gasteiger partial charge in [-0.2, -0.15) is 13.2 Å². The normalized spacial score (nSPS) is 11.7. The first kappa shape index (κ1) is 17.3. The molecule has 1 aromatic carbocycles. The van der Waals surface area contributed by atoms with Gasteiger partial charge < -0.3 is 14.8 Å². The first-order valence-electron chi connectivity index (χ1n) is 6.12. The van der Waals surface area contributed by atoms with Gasteiger partial charge >= 0.3 is 6.18 Å². The quantitative estimate of drug-likeness (QED) is 0.716. The van der Waals surface area contributed by atoms with Crippen molar-refractivity contribution in [2.45, 2.75) is 12.6 Å². The molecule has 0 spiro atoms. The molecule has 1 aromatic rings. The number of methoxy groups -OCH3 is 1. The summed E-state index contributed by atoms with van der Waals surface area (Å²) >= 11 is 2.90. The zero-order chi connectivity index (χ0) is 15.0. The summed E-state index contributed by atoms with van der Waals surface area (Å²) in [7, 11) is 1.59. The Kier molecular flexibility index (Phi) is 7.32. The number of hydrogen-bond donors (Lipinski definition) is 1. The molecule has 1 rings (SSSR count). The SMILES string of the molecule is COCCOCCCNc1ccc(Br)c(C(F)(F)F)c1. The average molecular weight is 356 g/mol. The summed E-state index contributed by atoms with van der Waals surface area (Å²) in [6, 6.07) is 4.08. The van der Waals surface area contributed by atoms with Crippen LogP contribution in [-0.2, 0) is 15.7 Å². The number of ether oxygens (including phenoxy) is 2. The molecule has 0 aliphatic heterocycles. The largest absolute Gasteiger partial charge is 0.417 e. The molecule has 0 saturated heterocycles. The highest BCUT2D eigenvalue weighted by Gasteiger charge is 2.33. The van der Waals surface area contributed by atoms with Gasteiger partial charge in [-0.15, -0.1) is 0 Å². The van der Waals surface area contributed by atoms with Crippen molar-refractivity contribution in [2.75, 3.05) is 38.8 Å². The highest BCUT2D eigenvalue weighted by molar-refractivity contribution is 9.10. The Bertz CT molecular complexity index is 413. The van der Waals surface area contributed by atoms with Crippen molar-refractivity contribution >= 4 is 21.6 Å². The molecule has 114 valence electrons. The molecule has 0 bridgehead atoms. The molecule has 0 heterocycles. The molecule has 7 heteroatoms. The fourth-order valence-corrected chi connectivity index (χ4v) is 1.98. The number of rotatable bonds is 8.